The number of halogens is 3. The third-order valence-corrected chi connectivity index (χ3v) is 3.69. The van der Waals surface area contributed by atoms with Gasteiger partial charge in [-0.15, -0.1) is 13.2 Å². The number of ether oxygens (including phenoxy) is 2. The Balaban J connectivity index is 1.70. The Morgan fingerprint density at radius 1 is 1.17 bits per heavy atom. The molecular formula is C19H12F3N3O4. The van der Waals surface area contributed by atoms with E-state index in [-0.39, 0.29) is 17.0 Å². The standard InChI is InChI=1S/C19H12F3N3O4/c20-19(21,22)29-12-7-5-11(6-8-12)18(27)28-10-16(26)13(9-23)17-24-14-3-1-2-4-15(14)25-17/h1-8,26H,10H2,(H,24,25)/b16-13-. The Labute approximate surface area is 161 Å². The molecule has 0 radical (unpaired) electrons. The number of fused-ring (bicyclic) bond motifs is 1. The van der Waals surface area contributed by atoms with Gasteiger partial charge < -0.3 is 19.6 Å². The summed E-state index contributed by atoms with van der Waals surface area (Å²) < 4.78 is 45.1. The smallest absolute Gasteiger partial charge is 0.507 e. The van der Waals surface area contributed by atoms with Crippen LogP contribution in [0.25, 0.3) is 16.6 Å². The van der Waals surface area contributed by atoms with Crippen LogP contribution in [0.4, 0.5) is 13.2 Å². The maximum Gasteiger partial charge on any atom is 0.573 e. The first-order chi connectivity index (χ1) is 13.8. The van der Waals surface area contributed by atoms with Crippen molar-refractivity contribution >= 4 is 22.6 Å². The molecule has 0 spiro atoms. The Hall–Kier alpha value is -4.00. The van der Waals surface area contributed by atoms with Gasteiger partial charge in [0, 0.05) is 0 Å². The molecule has 0 amide bonds. The SMILES string of the molecule is N#C/C(=C(/O)COC(=O)c1ccc(OC(F)(F)F)cc1)c1nc2ccccc2[nH]1. The van der Waals surface area contributed by atoms with E-state index in [4.69, 9.17) is 4.74 Å². The van der Waals surface area contributed by atoms with Gasteiger partial charge in [-0.1, -0.05) is 12.1 Å². The van der Waals surface area contributed by atoms with Crippen molar-refractivity contribution < 1.29 is 32.5 Å². The number of hydrogen-bond donors (Lipinski definition) is 2. The maximum absolute atomic E-state index is 12.1. The molecule has 148 valence electrons. The van der Waals surface area contributed by atoms with E-state index in [1.807, 2.05) is 0 Å². The van der Waals surface area contributed by atoms with Crippen molar-refractivity contribution in [2.45, 2.75) is 6.36 Å². The van der Waals surface area contributed by atoms with Crippen LogP contribution in [0.1, 0.15) is 16.2 Å². The van der Waals surface area contributed by atoms with Gasteiger partial charge >= 0.3 is 12.3 Å². The fraction of sp³-hybridized carbons (Fsp3) is 0.105. The van der Waals surface area contributed by atoms with E-state index in [1.165, 1.54) is 0 Å². The van der Waals surface area contributed by atoms with Crippen LogP contribution in [-0.4, -0.2) is 34.0 Å². The molecule has 2 N–H and O–H groups in total. The second kappa shape index (κ2) is 7.93. The van der Waals surface area contributed by atoms with Crippen LogP contribution in [0.3, 0.4) is 0 Å². The summed E-state index contributed by atoms with van der Waals surface area (Å²) in [5.41, 5.74) is 0.972. The number of H-pyrrole nitrogens is 1. The van der Waals surface area contributed by atoms with Crippen molar-refractivity contribution in [2.75, 3.05) is 6.61 Å². The first-order valence-corrected chi connectivity index (χ1v) is 8.07. The largest absolute Gasteiger partial charge is 0.573 e. The number of aromatic nitrogens is 2. The number of hydrogen-bond acceptors (Lipinski definition) is 6. The summed E-state index contributed by atoms with van der Waals surface area (Å²) >= 11 is 0. The number of nitrogens with zero attached hydrogens (tertiary/aromatic N) is 2. The number of esters is 1. The third-order valence-electron chi connectivity index (χ3n) is 3.69. The van der Waals surface area contributed by atoms with Crippen LogP contribution >= 0.6 is 0 Å². The average molecular weight is 403 g/mol. The number of allylic oxidation sites excluding steroid dienone is 1. The summed E-state index contributed by atoms with van der Waals surface area (Å²) in [6, 6.07) is 12.8. The summed E-state index contributed by atoms with van der Waals surface area (Å²) in [4.78, 5) is 19.1. The van der Waals surface area contributed by atoms with E-state index >= 15 is 0 Å². The molecule has 3 rings (SSSR count). The highest BCUT2D eigenvalue weighted by atomic mass is 19.4. The normalized spacial score (nSPS) is 12.2. The lowest BCUT2D eigenvalue weighted by molar-refractivity contribution is -0.274. The Morgan fingerprint density at radius 3 is 2.48 bits per heavy atom. The summed E-state index contributed by atoms with van der Waals surface area (Å²) in [7, 11) is 0. The number of aromatic amines is 1. The summed E-state index contributed by atoms with van der Waals surface area (Å²) in [5, 5.41) is 19.4. The Kier molecular flexibility index (Phi) is 5.40. The minimum atomic E-state index is -4.84. The number of imidazole rings is 1. The van der Waals surface area contributed by atoms with Crippen molar-refractivity contribution in [3.05, 3.63) is 65.7 Å². The predicted molar refractivity (Wildman–Crippen MR) is 94.7 cm³/mol. The first-order valence-electron chi connectivity index (χ1n) is 8.07. The molecular weight excluding hydrogens is 391 g/mol. The third kappa shape index (κ3) is 4.84. The molecule has 1 aromatic heterocycles. The van der Waals surface area contributed by atoms with Crippen LogP contribution in [0.5, 0.6) is 5.75 Å². The van der Waals surface area contributed by atoms with Crippen molar-refractivity contribution in [3.63, 3.8) is 0 Å². The van der Waals surface area contributed by atoms with Crippen LogP contribution in [0.15, 0.2) is 54.3 Å². The Morgan fingerprint density at radius 2 is 1.86 bits per heavy atom. The number of carbonyl (C=O) groups is 1. The zero-order chi connectivity index (χ0) is 21.0. The molecule has 7 nitrogen and oxygen atoms in total. The lowest BCUT2D eigenvalue weighted by atomic mass is 10.2. The number of carbonyl (C=O) groups excluding carboxylic acids is 1. The van der Waals surface area contributed by atoms with Crippen molar-refractivity contribution in [1.82, 2.24) is 9.97 Å². The molecule has 0 aliphatic heterocycles. The molecule has 0 bridgehead atoms. The first kappa shape index (κ1) is 19.8. The second-order valence-corrected chi connectivity index (χ2v) is 5.68. The molecule has 2 aromatic carbocycles. The van der Waals surface area contributed by atoms with Gasteiger partial charge in [-0.05, 0) is 36.4 Å². The van der Waals surface area contributed by atoms with Gasteiger partial charge in [-0.2, -0.15) is 5.26 Å². The van der Waals surface area contributed by atoms with E-state index in [0.717, 1.165) is 24.3 Å². The molecule has 0 atom stereocenters. The fourth-order valence-electron chi connectivity index (χ4n) is 2.41. The maximum atomic E-state index is 12.1. The fourth-order valence-corrected chi connectivity index (χ4v) is 2.41. The molecule has 0 saturated heterocycles. The zero-order valence-electron chi connectivity index (χ0n) is 14.5. The number of benzene rings is 2. The minimum absolute atomic E-state index is 0.0606. The lowest BCUT2D eigenvalue weighted by Crippen LogP contribution is -2.17. The highest BCUT2D eigenvalue weighted by Gasteiger charge is 2.31. The van der Waals surface area contributed by atoms with Crippen LogP contribution in [0, 0.1) is 11.3 Å². The number of para-hydroxylation sites is 2. The highest BCUT2D eigenvalue weighted by molar-refractivity contribution is 5.90. The van der Waals surface area contributed by atoms with E-state index in [2.05, 4.69) is 14.7 Å². The molecule has 0 aliphatic rings. The molecule has 0 unspecified atom stereocenters. The zero-order valence-corrected chi connectivity index (χ0v) is 14.5. The molecule has 1 heterocycles. The monoisotopic (exact) mass is 403 g/mol. The number of aliphatic hydroxyl groups is 1. The summed E-state index contributed by atoms with van der Waals surface area (Å²) in [5.74, 6) is -1.82. The van der Waals surface area contributed by atoms with Gasteiger partial charge in [0.2, 0.25) is 0 Å². The van der Waals surface area contributed by atoms with E-state index in [1.54, 1.807) is 30.3 Å². The van der Waals surface area contributed by atoms with Gasteiger partial charge in [0.25, 0.3) is 0 Å². The molecule has 3 aromatic rings. The molecule has 0 fully saturated rings. The number of rotatable bonds is 5. The number of nitriles is 1. The molecule has 29 heavy (non-hydrogen) atoms. The van der Waals surface area contributed by atoms with Gasteiger partial charge in [0.1, 0.15) is 24.0 Å². The number of nitrogens with one attached hydrogen (secondary N) is 1. The Bertz CT molecular complexity index is 1080. The van der Waals surface area contributed by atoms with E-state index in [0.29, 0.717) is 11.0 Å². The highest BCUT2D eigenvalue weighted by Crippen LogP contribution is 2.23. The summed E-state index contributed by atoms with van der Waals surface area (Å²) in [6.45, 7) is -0.625. The number of alkyl halides is 3. The van der Waals surface area contributed by atoms with Gasteiger partial charge in [-0.3, -0.25) is 0 Å². The minimum Gasteiger partial charge on any atom is -0.507 e. The summed E-state index contributed by atoms with van der Waals surface area (Å²) in [6.07, 6.45) is -4.84. The van der Waals surface area contributed by atoms with Crippen molar-refractivity contribution in [2.24, 2.45) is 0 Å². The van der Waals surface area contributed by atoms with E-state index < -0.39 is 30.4 Å². The van der Waals surface area contributed by atoms with Gasteiger partial charge in [0.15, 0.2) is 11.6 Å². The topological polar surface area (TPSA) is 108 Å². The molecule has 10 heteroatoms. The van der Waals surface area contributed by atoms with Gasteiger partial charge in [-0.25, -0.2) is 9.78 Å². The van der Waals surface area contributed by atoms with Crippen LogP contribution in [0.2, 0.25) is 0 Å². The average Bonchev–Trinajstić information content (AvgIpc) is 3.09. The quantitative estimate of drug-likeness (QED) is 0.377. The molecule has 0 saturated carbocycles. The lowest BCUT2D eigenvalue weighted by Gasteiger charge is -2.09. The van der Waals surface area contributed by atoms with E-state index in [9.17, 15) is 28.3 Å². The molecule has 0 aliphatic carbocycles. The second-order valence-electron chi connectivity index (χ2n) is 5.68. The van der Waals surface area contributed by atoms with Crippen molar-refractivity contribution in [1.29, 1.82) is 5.26 Å². The van der Waals surface area contributed by atoms with Crippen LogP contribution in [-0.2, 0) is 4.74 Å². The van der Waals surface area contributed by atoms with Gasteiger partial charge in [0.05, 0.1) is 16.6 Å². The van der Waals surface area contributed by atoms with Crippen molar-refractivity contribution in [3.8, 4) is 11.8 Å². The predicted octanol–water partition coefficient (Wildman–Crippen LogP) is 4.11. The number of aliphatic hydroxyl groups excluding tert-OH is 1. The van der Waals surface area contributed by atoms with Crippen LogP contribution < -0.4 is 4.74 Å².